The van der Waals surface area contributed by atoms with Crippen LogP contribution in [-0.4, -0.2) is 56.4 Å². The number of carbonyl (C=O) groups is 1. The number of nitrogens with two attached hydrogens (primary N) is 2. The maximum absolute atomic E-state index is 12.8. The maximum Gasteiger partial charge on any atom is 0.349 e. The summed E-state index contributed by atoms with van der Waals surface area (Å²) in [6.45, 7) is 3.44. The number of nitrogen functional groups attached to an aromatic ring is 1. The second kappa shape index (κ2) is 8.07. The van der Waals surface area contributed by atoms with Crippen molar-refractivity contribution in [1.82, 2.24) is 14.5 Å². The molecule has 0 radical (unpaired) electrons. The molecule has 2 fully saturated rings. The third kappa shape index (κ3) is 4.21. The molecule has 2 aliphatic heterocycles. The van der Waals surface area contributed by atoms with Crippen molar-refractivity contribution < 1.29 is 14.6 Å². The molecule has 4 rings (SSSR count). The Hall–Kier alpha value is -2.75. The zero-order valence-corrected chi connectivity index (χ0v) is 17.7. The van der Waals surface area contributed by atoms with E-state index in [1.54, 1.807) is 25.3 Å². The van der Waals surface area contributed by atoms with Gasteiger partial charge in [0.1, 0.15) is 5.82 Å². The molecule has 0 bridgehead atoms. The standard InChI is InChI=1S/C22H29N5O4/c1-21(30)14-22(31-13-17(21)27-9-6-18(24)25-20(27)29)7-10-26(11-8-22)19(28)16-4-2-15(12-23)3-5-16/h2-6,9,17,30H,7-8,10-14,23H2,1H3,(H2,24,25,29)/t17-,21-/m0/s1. The predicted octanol–water partition coefficient (Wildman–Crippen LogP) is 0.672. The van der Waals surface area contributed by atoms with Crippen LogP contribution in [0.4, 0.5) is 5.82 Å². The van der Waals surface area contributed by atoms with E-state index in [-0.39, 0.29) is 18.3 Å². The first-order valence-corrected chi connectivity index (χ1v) is 10.5. The number of piperidine rings is 1. The van der Waals surface area contributed by atoms with Crippen LogP contribution < -0.4 is 17.2 Å². The lowest BCUT2D eigenvalue weighted by molar-refractivity contribution is -0.195. The van der Waals surface area contributed by atoms with Gasteiger partial charge in [0, 0.05) is 37.8 Å². The molecule has 31 heavy (non-hydrogen) atoms. The zero-order valence-electron chi connectivity index (χ0n) is 17.7. The number of rotatable bonds is 3. The molecule has 2 aliphatic rings. The van der Waals surface area contributed by atoms with Gasteiger partial charge in [-0.25, -0.2) is 4.79 Å². The van der Waals surface area contributed by atoms with Crippen LogP contribution in [0.5, 0.6) is 0 Å². The van der Waals surface area contributed by atoms with Gasteiger partial charge in [0.25, 0.3) is 5.91 Å². The number of aromatic nitrogens is 2. The molecule has 0 unspecified atom stereocenters. The van der Waals surface area contributed by atoms with E-state index in [0.717, 1.165) is 5.56 Å². The van der Waals surface area contributed by atoms with Crippen LogP contribution in [0.2, 0.25) is 0 Å². The average molecular weight is 428 g/mol. The Bertz CT molecular complexity index is 1010. The van der Waals surface area contributed by atoms with Crippen LogP contribution in [0.3, 0.4) is 0 Å². The van der Waals surface area contributed by atoms with Gasteiger partial charge in [-0.2, -0.15) is 4.98 Å². The highest BCUT2D eigenvalue weighted by Crippen LogP contribution is 2.43. The summed E-state index contributed by atoms with van der Waals surface area (Å²) in [5.41, 5.74) is 10.6. The number of aliphatic hydroxyl groups is 1. The van der Waals surface area contributed by atoms with E-state index < -0.39 is 22.9 Å². The third-order valence-corrected chi connectivity index (χ3v) is 6.53. The van der Waals surface area contributed by atoms with Crippen molar-refractivity contribution in [2.45, 2.75) is 50.0 Å². The Morgan fingerprint density at radius 1 is 1.26 bits per heavy atom. The summed E-state index contributed by atoms with van der Waals surface area (Å²) >= 11 is 0. The van der Waals surface area contributed by atoms with Crippen LogP contribution in [0.25, 0.3) is 0 Å². The van der Waals surface area contributed by atoms with E-state index in [2.05, 4.69) is 4.98 Å². The lowest BCUT2D eigenvalue weighted by atomic mass is 9.75. The second-order valence-corrected chi connectivity index (χ2v) is 8.78. The van der Waals surface area contributed by atoms with Gasteiger partial charge in [-0.05, 0) is 43.5 Å². The van der Waals surface area contributed by atoms with Crippen molar-refractivity contribution >= 4 is 11.7 Å². The Morgan fingerprint density at radius 2 is 1.94 bits per heavy atom. The Morgan fingerprint density at radius 3 is 2.52 bits per heavy atom. The smallest absolute Gasteiger partial charge is 0.349 e. The number of amides is 1. The van der Waals surface area contributed by atoms with Crippen LogP contribution in [0.1, 0.15) is 48.1 Å². The molecule has 166 valence electrons. The molecular weight excluding hydrogens is 398 g/mol. The molecule has 2 atom stereocenters. The van der Waals surface area contributed by atoms with Gasteiger partial charge in [-0.1, -0.05) is 12.1 Å². The Balaban J connectivity index is 1.43. The van der Waals surface area contributed by atoms with Crippen molar-refractivity contribution in [3.05, 3.63) is 58.1 Å². The van der Waals surface area contributed by atoms with Gasteiger partial charge >= 0.3 is 5.69 Å². The summed E-state index contributed by atoms with van der Waals surface area (Å²) in [6, 6.07) is 8.33. The molecule has 2 aromatic rings. The number of carbonyl (C=O) groups excluding carboxylic acids is 1. The van der Waals surface area contributed by atoms with E-state index in [4.69, 9.17) is 16.2 Å². The number of benzene rings is 1. The van der Waals surface area contributed by atoms with Gasteiger partial charge in [0.2, 0.25) is 0 Å². The van der Waals surface area contributed by atoms with Crippen molar-refractivity contribution in [2.24, 2.45) is 5.73 Å². The summed E-state index contributed by atoms with van der Waals surface area (Å²) in [5.74, 6) is 0.127. The van der Waals surface area contributed by atoms with E-state index in [0.29, 0.717) is 44.5 Å². The summed E-state index contributed by atoms with van der Waals surface area (Å²) in [6.07, 6.45) is 3.16. The van der Waals surface area contributed by atoms with Crippen molar-refractivity contribution in [1.29, 1.82) is 0 Å². The normalized spacial score (nSPS) is 25.5. The van der Waals surface area contributed by atoms with E-state index in [1.165, 1.54) is 10.6 Å². The second-order valence-electron chi connectivity index (χ2n) is 8.78. The molecule has 0 aliphatic carbocycles. The minimum atomic E-state index is -1.16. The monoisotopic (exact) mass is 427 g/mol. The lowest BCUT2D eigenvalue weighted by Gasteiger charge is -2.51. The highest BCUT2D eigenvalue weighted by molar-refractivity contribution is 5.94. The van der Waals surface area contributed by atoms with E-state index >= 15 is 0 Å². The molecule has 1 spiro atoms. The molecule has 9 heteroatoms. The van der Waals surface area contributed by atoms with Gasteiger partial charge in [-0.15, -0.1) is 0 Å². The number of hydrogen-bond acceptors (Lipinski definition) is 7. The highest BCUT2D eigenvalue weighted by atomic mass is 16.5. The number of ether oxygens (including phenoxy) is 1. The minimum Gasteiger partial charge on any atom is -0.388 e. The number of hydrogen-bond donors (Lipinski definition) is 3. The van der Waals surface area contributed by atoms with Gasteiger partial charge in [0.05, 0.1) is 23.9 Å². The minimum absolute atomic E-state index is 0.0154. The SMILES string of the molecule is C[C@]1(O)CC2(CCN(C(=O)c3ccc(CN)cc3)CC2)OC[C@@H]1n1ccc(N)nc1=O. The summed E-state index contributed by atoms with van der Waals surface area (Å²) in [4.78, 5) is 30.7. The van der Waals surface area contributed by atoms with E-state index in [9.17, 15) is 14.7 Å². The first-order chi connectivity index (χ1) is 14.7. The number of anilines is 1. The first-order valence-electron chi connectivity index (χ1n) is 10.5. The number of likely N-dealkylation sites (tertiary alicyclic amines) is 1. The largest absolute Gasteiger partial charge is 0.388 e. The number of nitrogens with zero attached hydrogens (tertiary/aromatic N) is 3. The topological polar surface area (TPSA) is 137 Å². The van der Waals surface area contributed by atoms with Crippen LogP contribution >= 0.6 is 0 Å². The summed E-state index contributed by atoms with van der Waals surface area (Å²) < 4.78 is 7.61. The summed E-state index contributed by atoms with van der Waals surface area (Å²) in [5, 5.41) is 11.2. The van der Waals surface area contributed by atoms with Gasteiger partial charge < -0.3 is 26.2 Å². The molecular formula is C22H29N5O4. The Kier molecular flexibility index (Phi) is 5.59. The van der Waals surface area contributed by atoms with Crippen LogP contribution in [0.15, 0.2) is 41.3 Å². The molecule has 9 nitrogen and oxygen atoms in total. The fourth-order valence-corrected chi connectivity index (χ4v) is 4.70. The molecule has 1 aromatic carbocycles. The highest BCUT2D eigenvalue weighted by Gasteiger charge is 2.50. The molecule has 3 heterocycles. The van der Waals surface area contributed by atoms with Crippen molar-refractivity contribution in [3.63, 3.8) is 0 Å². The maximum atomic E-state index is 12.8. The molecule has 0 saturated carbocycles. The van der Waals surface area contributed by atoms with Crippen molar-refractivity contribution in [3.8, 4) is 0 Å². The third-order valence-electron chi connectivity index (χ3n) is 6.53. The molecule has 1 amide bonds. The molecule has 5 N–H and O–H groups in total. The van der Waals surface area contributed by atoms with E-state index in [1.807, 2.05) is 17.0 Å². The fourth-order valence-electron chi connectivity index (χ4n) is 4.70. The van der Waals surface area contributed by atoms with Gasteiger partial charge in [0.15, 0.2) is 0 Å². The quantitative estimate of drug-likeness (QED) is 0.655. The lowest BCUT2D eigenvalue weighted by Crippen LogP contribution is -2.59. The van der Waals surface area contributed by atoms with Crippen molar-refractivity contribution in [2.75, 3.05) is 25.4 Å². The molecule has 1 aromatic heterocycles. The van der Waals surface area contributed by atoms with Crippen LogP contribution in [0, 0.1) is 0 Å². The van der Waals surface area contributed by atoms with Crippen LogP contribution in [-0.2, 0) is 11.3 Å². The zero-order chi connectivity index (χ0) is 22.2. The van der Waals surface area contributed by atoms with Gasteiger partial charge in [-0.3, -0.25) is 9.36 Å². The first kappa shape index (κ1) is 21.5. The predicted molar refractivity (Wildman–Crippen MR) is 115 cm³/mol. The fraction of sp³-hybridized carbons (Fsp3) is 0.500. The average Bonchev–Trinajstić information content (AvgIpc) is 2.74. The summed E-state index contributed by atoms with van der Waals surface area (Å²) in [7, 11) is 0. The molecule has 2 saturated heterocycles. The Labute approximate surface area is 180 Å².